The Balaban J connectivity index is 2.93. The predicted molar refractivity (Wildman–Crippen MR) is 73.9 cm³/mol. The van der Waals surface area contributed by atoms with Crippen LogP contribution in [0, 0.1) is 5.41 Å². The molecule has 0 saturated carbocycles. The topological polar surface area (TPSA) is 77.5 Å². The summed E-state index contributed by atoms with van der Waals surface area (Å²) in [5, 5.41) is 0. The van der Waals surface area contributed by atoms with Crippen LogP contribution in [0.5, 0.6) is 0 Å². The summed E-state index contributed by atoms with van der Waals surface area (Å²) in [5.74, 6) is -2.11. The van der Waals surface area contributed by atoms with Gasteiger partial charge in [0.05, 0.1) is 11.5 Å². The van der Waals surface area contributed by atoms with Crippen molar-refractivity contribution in [2.24, 2.45) is 5.41 Å². The minimum atomic E-state index is -3.75. The standard InChI is InChI=1S/C14H18O5S/c1-4-19-13(16)14(2,3)12(15)10-20(17,18)11-8-6-5-7-9-11/h5-9H,4,10H2,1-3H3. The molecule has 0 bridgehead atoms. The number of ether oxygens (including phenoxy) is 1. The molecule has 0 aromatic heterocycles. The van der Waals surface area contributed by atoms with Crippen molar-refractivity contribution in [2.75, 3.05) is 12.4 Å². The molecule has 0 unspecified atom stereocenters. The molecule has 5 nitrogen and oxygen atoms in total. The van der Waals surface area contributed by atoms with Crippen molar-refractivity contribution in [1.29, 1.82) is 0 Å². The Hall–Kier alpha value is -1.69. The molecule has 110 valence electrons. The van der Waals surface area contributed by atoms with Gasteiger partial charge in [-0.2, -0.15) is 0 Å². The molecule has 0 aliphatic carbocycles. The molecule has 6 heteroatoms. The third-order valence-electron chi connectivity index (χ3n) is 2.91. The Labute approximate surface area is 118 Å². The Bertz CT molecular complexity index is 587. The highest BCUT2D eigenvalue weighted by Crippen LogP contribution is 2.22. The van der Waals surface area contributed by atoms with Crippen molar-refractivity contribution in [1.82, 2.24) is 0 Å². The third-order valence-corrected chi connectivity index (χ3v) is 4.54. The lowest BCUT2D eigenvalue weighted by molar-refractivity contribution is -0.157. The van der Waals surface area contributed by atoms with E-state index in [9.17, 15) is 18.0 Å². The normalized spacial score (nSPS) is 11.9. The van der Waals surface area contributed by atoms with Gasteiger partial charge in [-0.3, -0.25) is 9.59 Å². The molecule has 0 aliphatic rings. The van der Waals surface area contributed by atoms with Gasteiger partial charge in [-0.15, -0.1) is 0 Å². The molecule has 0 saturated heterocycles. The fraction of sp³-hybridized carbons (Fsp3) is 0.429. The number of rotatable bonds is 6. The van der Waals surface area contributed by atoms with E-state index in [0.717, 1.165) is 0 Å². The Kier molecular flexibility index (Phi) is 5.05. The van der Waals surface area contributed by atoms with Crippen LogP contribution in [0.3, 0.4) is 0 Å². The van der Waals surface area contributed by atoms with E-state index < -0.39 is 32.8 Å². The minimum absolute atomic E-state index is 0.0630. The first kappa shape index (κ1) is 16.4. The number of Topliss-reactive ketones (excluding diaryl/α,β-unsaturated/α-hetero) is 1. The van der Waals surface area contributed by atoms with Crippen molar-refractivity contribution in [3.8, 4) is 0 Å². The summed E-state index contributed by atoms with van der Waals surface area (Å²) in [4.78, 5) is 23.8. The van der Waals surface area contributed by atoms with Crippen LogP contribution in [-0.4, -0.2) is 32.5 Å². The van der Waals surface area contributed by atoms with Crippen molar-refractivity contribution in [3.63, 3.8) is 0 Å². The van der Waals surface area contributed by atoms with Crippen LogP contribution in [0.1, 0.15) is 20.8 Å². The van der Waals surface area contributed by atoms with Crippen LogP contribution in [0.4, 0.5) is 0 Å². The fourth-order valence-electron chi connectivity index (χ4n) is 1.49. The fourth-order valence-corrected chi connectivity index (χ4v) is 2.93. The van der Waals surface area contributed by atoms with E-state index in [0.29, 0.717) is 0 Å². The third kappa shape index (κ3) is 3.66. The molecule has 20 heavy (non-hydrogen) atoms. The van der Waals surface area contributed by atoms with Gasteiger partial charge >= 0.3 is 5.97 Å². The van der Waals surface area contributed by atoms with Crippen molar-refractivity contribution in [3.05, 3.63) is 30.3 Å². The summed E-state index contributed by atoms with van der Waals surface area (Å²) in [6, 6.07) is 7.67. The molecule has 1 rings (SSSR count). The quantitative estimate of drug-likeness (QED) is 0.589. The molecule has 1 aromatic rings. The second-order valence-corrected chi connectivity index (χ2v) is 6.83. The SMILES string of the molecule is CCOC(=O)C(C)(C)C(=O)CS(=O)(=O)c1ccccc1. The number of carbonyl (C=O) groups is 2. The highest BCUT2D eigenvalue weighted by atomic mass is 32.2. The van der Waals surface area contributed by atoms with Crippen molar-refractivity contribution >= 4 is 21.6 Å². The van der Waals surface area contributed by atoms with Gasteiger partial charge in [0.1, 0.15) is 11.2 Å². The summed E-state index contributed by atoms with van der Waals surface area (Å²) in [7, 11) is -3.75. The average Bonchev–Trinajstić information content (AvgIpc) is 2.39. The van der Waals surface area contributed by atoms with Gasteiger partial charge in [-0.05, 0) is 32.9 Å². The molecule has 0 amide bonds. The second kappa shape index (κ2) is 6.17. The van der Waals surface area contributed by atoms with Gasteiger partial charge in [0, 0.05) is 0 Å². The molecule has 0 heterocycles. The van der Waals surface area contributed by atoms with E-state index in [2.05, 4.69) is 0 Å². The Morgan fingerprint density at radius 2 is 1.70 bits per heavy atom. The summed E-state index contributed by atoms with van der Waals surface area (Å²) in [6.07, 6.45) is 0. The predicted octanol–water partition coefficient (Wildman–Crippen LogP) is 1.62. The van der Waals surface area contributed by atoms with E-state index in [1.165, 1.54) is 26.0 Å². The molecule has 0 radical (unpaired) electrons. The number of sulfone groups is 1. The maximum Gasteiger partial charge on any atom is 0.319 e. The lowest BCUT2D eigenvalue weighted by Gasteiger charge is -2.20. The van der Waals surface area contributed by atoms with Gasteiger partial charge in [-0.25, -0.2) is 8.42 Å². The van der Waals surface area contributed by atoms with Crippen molar-refractivity contribution < 1.29 is 22.7 Å². The van der Waals surface area contributed by atoms with E-state index in [1.807, 2.05) is 0 Å². The first-order chi connectivity index (χ1) is 9.21. The summed E-state index contributed by atoms with van der Waals surface area (Å²) in [5.41, 5.74) is -1.47. The molecule has 1 aromatic carbocycles. The lowest BCUT2D eigenvalue weighted by atomic mass is 9.89. The van der Waals surface area contributed by atoms with E-state index >= 15 is 0 Å². The van der Waals surface area contributed by atoms with Crippen LogP contribution in [0.2, 0.25) is 0 Å². The van der Waals surface area contributed by atoms with Crippen LogP contribution in [0.25, 0.3) is 0 Å². The highest BCUT2D eigenvalue weighted by molar-refractivity contribution is 7.92. The van der Waals surface area contributed by atoms with Crippen LogP contribution in [-0.2, 0) is 24.2 Å². The molecule has 0 spiro atoms. The van der Waals surface area contributed by atoms with Gasteiger partial charge in [-0.1, -0.05) is 18.2 Å². The maximum atomic E-state index is 12.1. The van der Waals surface area contributed by atoms with E-state index in [1.54, 1.807) is 25.1 Å². The first-order valence-electron chi connectivity index (χ1n) is 6.20. The largest absolute Gasteiger partial charge is 0.465 e. The Morgan fingerprint density at radius 3 is 2.20 bits per heavy atom. The lowest BCUT2D eigenvalue weighted by Crippen LogP contribution is -2.38. The first-order valence-corrected chi connectivity index (χ1v) is 7.85. The number of benzene rings is 1. The number of hydrogen-bond acceptors (Lipinski definition) is 5. The van der Waals surface area contributed by atoms with Crippen LogP contribution < -0.4 is 0 Å². The molecular formula is C14H18O5S. The zero-order valence-corrected chi connectivity index (χ0v) is 12.6. The summed E-state index contributed by atoms with van der Waals surface area (Å²) in [6.45, 7) is 4.50. The van der Waals surface area contributed by atoms with Crippen LogP contribution >= 0.6 is 0 Å². The molecule has 0 atom stereocenters. The Morgan fingerprint density at radius 1 is 1.15 bits per heavy atom. The summed E-state index contributed by atoms with van der Waals surface area (Å²) < 4.78 is 29.0. The zero-order chi connectivity index (χ0) is 15.4. The maximum absolute atomic E-state index is 12.1. The van der Waals surface area contributed by atoms with Gasteiger partial charge in [0.25, 0.3) is 0 Å². The zero-order valence-electron chi connectivity index (χ0n) is 11.8. The highest BCUT2D eigenvalue weighted by Gasteiger charge is 2.39. The second-order valence-electron chi connectivity index (χ2n) is 4.84. The number of ketones is 1. The minimum Gasteiger partial charge on any atom is -0.465 e. The average molecular weight is 298 g/mol. The summed E-state index contributed by atoms with van der Waals surface area (Å²) >= 11 is 0. The van der Waals surface area contributed by atoms with E-state index in [-0.39, 0.29) is 11.5 Å². The van der Waals surface area contributed by atoms with Crippen LogP contribution in [0.15, 0.2) is 35.2 Å². The molecular weight excluding hydrogens is 280 g/mol. The number of carbonyl (C=O) groups excluding carboxylic acids is 2. The molecule has 0 fully saturated rings. The van der Waals surface area contributed by atoms with E-state index in [4.69, 9.17) is 4.74 Å². The molecule has 0 aliphatic heterocycles. The monoisotopic (exact) mass is 298 g/mol. The van der Waals surface area contributed by atoms with Gasteiger partial charge in [0.2, 0.25) is 0 Å². The van der Waals surface area contributed by atoms with Crippen molar-refractivity contribution in [2.45, 2.75) is 25.7 Å². The smallest absolute Gasteiger partial charge is 0.319 e. The number of esters is 1. The van der Waals surface area contributed by atoms with Gasteiger partial charge < -0.3 is 4.74 Å². The van der Waals surface area contributed by atoms with Gasteiger partial charge in [0.15, 0.2) is 15.6 Å². The number of hydrogen-bond donors (Lipinski definition) is 0. The molecule has 0 N–H and O–H groups in total.